The summed E-state index contributed by atoms with van der Waals surface area (Å²) >= 11 is 0. The lowest BCUT2D eigenvalue weighted by atomic mass is 9.89. The summed E-state index contributed by atoms with van der Waals surface area (Å²) in [6.45, 7) is 14.7. The normalized spacial score (nSPS) is 13.2. The lowest BCUT2D eigenvalue weighted by molar-refractivity contribution is -0.131. The minimum absolute atomic E-state index is 0.0357. The van der Waals surface area contributed by atoms with Crippen LogP contribution in [-0.4, -0.2) is 24.2 Å². The van der Waals surface area contributed by atoms with E-state index in [2.05, 4.69) is 51.2 Å². The molecular formula is C20H33NO2. The molecule has 0 heterocycles. The number of carbonyl (C=O) groups excluding carboxylic acids is 1. The molecule has 1 unspecified atom stereocenters. The standard InChI is InChI=1S/C20H33NO2/c1-8-16(21-19(22)13-23-20(5,6)7)12-18-15(4)10-9-11-17(18)14(2)3/h9-11,14,16H,8,12-13H2,1-7H3,(H,21,22). The van der Waals surface area contributed by atoms with Crippen LogP contribution in [0.4, 0.5) is 0 Å². The third-order valence-corrected chi connectivity index (χ3v) is 4.01. The van der Waals surface area contributed by atoms with Crippen LogP contribution in [0.3, 0.4) is 0 Å². The van der Waals surface area contributed by atoms with Gasteiger partial charge in [0, 0.05) is 6.04 Å². The van der Waals surface area contributed by atoms with Gasteiger partial charge in [-0.05, 0) is 63.1 Å². The molecule has 0 aromatic heterocycles. The number of rotatable bonds is 7. The summed E-state index contributed by atoms with van der Waals surface area (Å²) in [6.07, 6.45) is 1.78. The first-order valence-electron chi connectivity index (χ1n) is 8.65. The lowest BCUT2D eigenvalue weighted by Gasteiger charge is -2.23. The molecule has 1 amide bonds. The van der Waals surface area contributed by atoms with Crippen molar-refractivity contribution in [2.75, 3.05) is 6.61 Å². The molecule has 1 N–H and O–H groups in total. The molecule has 0 saturated heterocycles. The number of aryl methyl sites for hydroxylation is 1. The maximum absolute atomic E-state index is 12.1. The fraction of sp³-hybridized carbons (Fsp3) is 0.650. The summed E-state index contributed by atoms with van der Waals surface area (Å²) < 4.78 is 5.56. The van der Waals surface area contributed by atoms with E-state index in [4.69, 9.17) is 4.74 Å². The van der Waals surface area contributed by atoms with Gasteiger partial charge in [-0.3, -0.25) is 4.79 Å². The van der Waals surface area contributed by atoms with Gasteiger partial charge in [0.1, 0.15) is 6.61 Å². The number of hydrogen-bond donors (Lipinski definition) is 1. The maximum atomic E-state index is 12.1. The summed E-state index contributed by atoms with van der Waals surface area (Å²) in [4.78, 5) is 12.1. The van der Waals surface area contributed by atoms with E-state index in [1.165, 1.54) is 16.7 Å². The molecule has 0 aliphatic carbocycles. The Morgan fingerprint density at radius 1 is 1.26 bits per heavy atom. The van der Waals surface area contributed by atoms with Crippen molar-refractivity contribution in [1.82, 2.24) is 5.32 Å². The van der Waals surface area contributed by atoms with Crippen LogP contribution in [0.15, 0.2) is 18.2 Å². The van der Waals surface area contributed by atoms with Gasteiger partial charge in [0.2, 0.25) is 5.91 Å². The number of benzene rings is 1. The first-order valence-corrected chi connectivity index (χ1v) is 8.65. The summed E-state index contributed by atoms with van der Waals surface area (Å²) in [6, 6.07) is 6.61. The van der Waals surface area contributed by atoms with E-state index in [9.17, 15) is 4.79 Å². The molecule has 0 radical (unpaired) electrons. The van der Waals surface area contributed by atoms with Crippen LogP contribution in [0.2, 0.25) is 0 Å². The van der Waals surface area contributed by atoms with E-state index in [-0.39, 0.29) is 24.2 Å². The molecule has 23 heavy (non-hydrogen) atoms. The van der Waals surface area contributed by atoms with E-state index in [1.54, 1.807) is 0 Å². The van der Waals surface area contributed by atoms with E-state index < -0.39 is 0 Å². The van der Waals surface area contributed by atoms with Crippen molar-refractivity contribution in [3.63, 3.8) is 0 Å². The van der Waals surface area contributed by atoms with Gasteiger partial charge in [0.15, 0.2) is 0 Å². The number of ether oxygens (including phenoxy) is 1. The van der Waals surface area contributed by atoms with Crippen molar-refractivity contribution >= 4 is 5.91 Å². The van der Waals surface area contributed by atoms with Gasteiger partial charge < -0.3 is 10.1 Å². The molecule has 0 saturated carbocycles. The molecule has 0 aliphatic heterocycles. The largest absolute Gasteiger partial charge is 0.366 e. The van der Waals surface area contributed by atoms with Gasteiger partial charge in [-0.25, -0.2) is 0 Å². The van der Waals surface area contributed by atoms with E-state index in [0.29, 0.717) is 5.92 Å². The average molecular weight is 319 g/mol. The predicted molar refractivity (Wildman–Crippen MR) is 96.9 cm³/mol. The minimum atomic E-state index is -0.292. The highest BCUT2D eigenvalue weighted by molar-refractivity contribution is 5.77. The maximum Gasteiger partial charge on any atom is 0.246 e. The third-order valence-electron chi connectivity index (χ3n) is 4.01. The second kappa shape index (κ2) is 8.49. The Balaban J connectivity index is 2.76. The van der Waals surface area contributed by atoms with Crippen molar-refractivity contribution in [2.45, 2.75) is 78.9 Å². The van der Waals surface area contributed by atoms with Gasteiger partial charge in [0.25, 0.3) is 0 Å². The van der Waals surface area contributed by atoms with Crippen LogP contribution in [0.5, 0.6) is 0 Å². The van der Waals surface area contributed by atoms with Crippen molar-refractivity contribution in [3.8, 4) is 0 Å². The van der Waals surface area contributed by atoms with Crippen LogP contribution in [0.25, 0.3) is 0 Å². The molecule has 0 aliphatic rings. The van der Waals surface area contributed by atoms with Crippen molar-refractivity contribution < 1.29 is 9.53 Å². The van der Waals surface area contributed by atoms with Crippen molar-refractivity contribution in [2.24, 2.45) is 0 Å². The molecule has 130 valence electrons. The van der Waals surface area contributed by atoms with Gasteiger partial charge in [-0.15, -0.1) is 0 Å². The summed E-state index contributed by atoms with van der Waals surface area (Å²) in [7, 11) is 0. The Labute approximate surface area is 141 Å². The number of carbonyl (C=O) groups is 1. The first-order chi connectivity index (χ1) is 10.6. The van der Waals surface area contributed by atoms with Crippen molar-refractivity contribution in [3.05, 3.63) is 34.9 Å². The number of amides is 1. The van der Waals surface area contributed by atoms with Crippen molar-refractivity contribution in [1.29, 1.82) is 0 Å². The van der Waals surface area contributed by atoms with Crippen LogP contribution < -0.4 is 5.32 Å². The summed E-state index contributed by atoms with van der Waals surface area (Å²) in [5.41, 5.74) is 3.75. The minimum Gasteiger partial charge on any atom is -0.366 e. The van der Waals surface area contributed by atoms with Crippen LogP contribution in [-0.2, 0) is 16.0 Å². The molecule has 1 rings (SSSR count). The number of hydrogen-bond acceptors (Lipinski definition) is 2. The summed E-state index contributed by atoms with van der Waals surface area (Å²) in [5, 5.41) is 3.12. The van der Waals surface area contributed by atoms with Crippen LogP contribution in [0, 0.1) is 6.92 Å². The Bertz CT molecular complexity index is 515. The van der Waals surface area contributed by atoms with Gasteiger partial charge >= 0.3 is 0 Å². The second-order valence-corrected chi connectivity index (χ2v) is 7.58. The zero-order valence-corrected chi connectivity index (χ0v) is 15.8. The third kappa shape index (κ3) is 6.74. The lowest BCUT2D eigenvalue weighted by Crippen LogP contribution is -2.40. The monoisotopic (exact) mass is 319 g/mol. The zero-order chi connectivity index (χ0) is 17.6. The quantitative estimate of drug-likeness (QED) is 0.810. The topological polar surface area (TPSA) is 38.3 Å². The SMILES string of the molecule is CCC(Cc1c(C)cccc1C(C)C)NC(=O)COC(C)(C)C. The molecule has 1 aromatic rings. The van der Waals surface area contributed by atoms with Crippen LogP contribution >= 0.6 is 0 Å². The molecule has 3 heteroatoms. The molecule has 1 aromatic carbocycles. The smallest absolute Gasteiger partial charge is 0.246 e. The first kappa shape index (κ1) is 19.7. The Morgan fingerprint density at radius 2 is 1.91 bits per heavy atom. The number of nitrogens with one attached hydrogen (secondary N) is 1. The fourth-order valence-electron chi connectivity index (χ4n) is 2.64. The molecular weight excluding hydrogens is 286 g/mol. The highest BCUT2D eigenvalue weighted by atomic mass is 16.5. The predicted octanol–water partition coefficient (Wildman–Crippen LogP) is 4.37. The Hall–Kier alpha value is -1.35. The molecule has 0 spiro atoms. The highest BCUT2D eigenvalue weighted by Gasteiger charge is 2.18. The molecule has 1 atom stereocenters. The molecule has 0 bridgehead atoms. The molecule has 0 fully saturated rings. The van der Waals surface area contributed by atoms with Crippen LogP contribution in [0.1, 0.15) is 70.6 Å². The molecule has 3 nitrogen and oxygen atoms in total. The van der Waals surface area contributed by atoms with Gasteiger partial charge in [-0.2, -0.15) is 0 Å². The van der Waals surface area contributed by atoms with E-state index in [1.807, 2.05) is 20.8 Å². The van der Waals surface area contributed by atoms with E-state index >= 15 is 0 Å². The summed E-state index contributed by atoms with van der Waals surface area (Å²) in [5.74, 6) is 0.453. The average Bonchev–Trinajstić information content (AvgIpc) is 2.45. The van der Waals surface area contributed by atoms with E-state index in [0.717, 1.165) is 12.8 Å². The fourth-order valence-corrected chi connectivity index (χ4v) is 2.64. The second-order valence-electron chi connectivity index (χ2n) is 7.58. The van der Waals surface area contributed by atoms with Gasteiger partial charge in [-0.1, -0.05) is 39.0 Å². The highest BCUT2D eigenvalue weighted by Crippen LogP contribution is 2.24. The Morgan fingerprint density at radius 3 is 2.43 bits per heavy atom. The zero-order valence-electron chi connectivity index (χ0n) is 15.8. The van der Waals surface area contributed by atoms with Gasteiger partial charge in [0.05, 0.1) is 5.60 Å². The Kier molecular flexibility index (Phi) is 7.27.